The minimum absolute atomic E-state index is 0.250. The van der Waals surface area contributed by atoms with Crippen LogP contribution in [0.4, 0.5) is 4.39 Å². The second-order valence-corrected chi connectivity index (χ2v) is 11.6. The molecule has 7 aromatic rings. The summed E-state index contributed by atoms with van der Waals surface area (Å²) >= 11 is 0. The third-order valence-corrected chi connectivity index (χ3v) is 8.66. The van der Waals surface area contributed by atoms with Gasteiger partial charge in [0.25, 0.3) is 0 Å². The van der Waals surface area contributed by atoms with Crippen LogP contribution < -0.4 is 4.74 Å². The first-order valence-electron chi connectivity index (χ1n) is 14.5. The van der Waals surface area contributed by atoms with Gasteiger partial charge in [-0.05, 0) is 59.7 Å². The number of benzene rings is 4. The van der Waals surface area contributed by atoms with E-state index in [0.717, 1.165) is 61.5 Å². The van der Waals surface area contributed by atoms with Crippen molar-refractivity contribution in [3.05, 3.63) is 150 Å². The van der Waals surface area contributed by atoms with Crippen LogP contribution in [0.15, 0.2) is 128 Å². The SMILES string of the molecule is CC1(C)c2ccccc2Oc2cc3c(cc21)c1ccc(C(F)c2cccc(-c4ccccn4)c2)cc1n3-c1ccccn1. The van der Waals surface area contributed by atoms with Gasteiger partial charge in [-0.15, -0.1) is 0 Å². The predicted octanol–water partition coefficient (Wildman–Crippen LogP) is 9.73. The van der Waals surface area contributed by atoms with E-state index in [9.17, 15) is 0 Å². The summed E-state index contributed by atoms with van der Waals surface area (Å²) in [7, 11) is 0. The molecular weight excluding hydrogens is 533 g/mol. The molecular formula is C38H28FN3O. The van der Waals surface area contributed by atoms with Crippen LogP contribution in [0.1, 0.15) is 42.3 Å². The predicted molar refractivity (Wildman–Crippen MR) is 170 cm³/mol. The molecule has 1 atom stereocenters. The maximum atomic E-state index is 16.3. The molecule has 4 heterocycles. The van der Waals surface area contributed by atoms with Crippen molar-refractivity contribution in [2.75, 3.05) is 0 Å². The van der Waals surface area contributed by atoms with Gasteiger partial charge in [0.15, 0.2) is 6.17 Å². The molecule has 4 aromatic carbocycles. The Balaban J connectivity index is 1.32. The molecule has 4 nitrogen and oxygen atoms in total. The summed E-state index contributed by atoms with van der Waals surface area (Å²) in [4.78, 5) is 9.14. The van der Waals surface area contributed by atoms with E-state index in [2.05, 4.69) is 47.7 Å². The summed E-state index contributed by atoms with van der Waals surface area (Å²) < 4.78 is 24.9. The molecule has 0 fully saturated rings. The van der Waals surface area contributed by atoms with Crippen molar-refractivity contribution in [1.29, 1.82) is 0 Å². The molecule has 3 aromatic heterocycles. The van der Waals surface area contributed by atoms with Crippen LogP contribution in [0.5, 0.6) is 11.5 Å². The molecule has 8 rings (SSSR count). The molecule has 0 aliphatic carbocycles. The van der Waals surface area contributed by atoms with Gasteiger partial charge in [0, 0.05) is 51.3 Å². The van der Waals surface area contributed by atoms with Crippen LogP contribution >= 0.6 is 0 Å². The monoisotopic (exact) mass is 561 g/mol. The minimum atomic E-state index is -1.31. The molecule has 208 valence electrons. The van der Waals surface area contributed by atoms with Gasteiger partial charge in [-0.2, -0.15) is 0 Å². The Labute approximate surface area is 249 Å². The lowest BCUT2D eigenvalue weighted by molar-refractivity contribution is 0.402. The van der Waals surface area contributed by atoms with Gasteiger partial charge in [-0.25, -0.2) is 9.37 Å². The van der Waals surface area contributed by atoms with Crippen LogP contribution in [0.3, 0.4) is 0 Å². The fourth-order valence-electron chi connectivity index (χ4n) is 6.44. The van der Waals surface area contributed by atoms with E-state index < -0.39 is 6.17 Å². The van der Waals surface area contributed by atoms with Gasteiger partial charge in [0.2, 0.25) is 0 Å². The van der Waals surface area contributed by atoms with Gasteiger partial charge in [0.1, 0.15) is 17.3 Å². The number of ether oxygens (including phenoxy) is 1. The summed E-state index contributed by atoms with van der Waals surface area (Å²) in [5.74, 6) is 2.46. The standard InChI is InChI=1S/C38H28FN3O/c1-38(2)29-12-3-4-14-34(29)43-35-23-33-28(22-30(35)38)27-17-16-26(21-32(27)42(33)36-15-6-8-19-41-36)37(39)25-11-9-10-24(20-25)31-13-5-7-18-40-31/h3-23,37H,1-2H3. The highest BCUT2D eigenvalue weighted by Gasteiger charge is 2.35. The van der Waals surface area contributed by atoms with Crippen LogP contribution in [0.2, 0.25) is 0 Å². The minimum Gasteiger partial charge on any atom is -0.457 e. The fraction of sp³-hybridized carbons (Fsp3) is 0.105. The van der Waals surface area contributed by atoms with Crippen molar-refractivity contribution in [3.8, 4) is 28.6 Å². The van der Waals surface area contributed by atoms with E-state index in [-0.39, 0.29) is 5.41 Å². The smallest absolute Gasteiger partial charge is 0.150 e. The molecule has 0 amide bonds. The van der Waals surface area contributed by atoms with E-state index >= 15 is 4.39 Å². The van der Waals surface area contributed by atoms with E-state index in [0.29, 0.717) is 11.1 Å². The number of hydrogen-bond donors (Lipinski definition) is 0. The normalized spacial score (nSPS) is 14.2. The average Bonchev–Trinajstić information content (AvgIpc) is 3.37. The number of halogens is 1. The maximum absolute atomic E-state index is 16.3. The highest BCUT2D eigenvalue weighted by Crippen LogP contribution is 2.50. The third kappa shape index (κ3) is 4.03. The molecule has 43 heavy (non-hydrogen) atoms. The second-order valence-electron chi connectivity index (χ2n) is 11.6. The number of pyridine rings is 2. The molecule has 0 saturated heterocycles. The lowest BCUT2D eigenvalue weighted by atomic mass is 9.75. The number of para-hydroxylation sites is 1. The van der Waals surface area contributed by atoms with Gasteiger partial charge in [0.05, 0.1) is 16.7 Å². The highest BCUT2D eigenvalue weighted by molar-refractivity contribution is 6.10. The molecule has 0 N–H and O–H groups in total. The number of nitrogens with zero attached hydrogens (tertiary/aromatic N) is 3. The number of aromatic nitrogens is 3. The second kappa shape index (κ2) is 9.63. The zero-order chi connectivity index (χ0) is 29.1. The Morgan fingerprint density at radius 2 is 1.42 bits per heavy atom. The molecule has 5 heteroatoms. The zero-order valence-electron chi connectivity index (χ0n) is 23.8. The van der Waals surface area contributed by atoms with Gasteiger partial charge in [-0.1, -0.05) is 74.5 Å². The highest BCUT2D eigenvalue weighted by atomic mass is 19.1. The van der Waals surface area contributed by atoms with Crippen molar-refractivity contribution >= 4 is 21.8 Å². The summed E-state index contributed by atoms with van der Waals surface area (Å²) in [6.07, 6.45) is 2.22. The van der Waals surface area contributed by atoms with Crippen LogP contribution in [0.25, 0.3) is 38.9 Å². The number of fused-ring (bicyclic) bond motifs is 5. The van der Waals surface area contributed by atoms with E-state index in [1.54, 1.807) is 12.4 Å². The van der Waals surface area contributed by atoms with E-state index in [4.69, 9.17) is 9.72 Å². The van der Waals surface area contributed by atoms with Crippen molar-refractivity contribution in [2.45, 2.75) is 25.4 Å². The summed E-state index contributed by atoms with van der Waals surface area (Å²) in [6.45, 7) is 4.48. The Kier molecular flexibility index (Phi) is 5.70. The van der Waals surface area contributed by atoms with E-state index in [1.165, 1.54) is 0 Å². The van der Waals surface area contributed by atoms with Crippen LogP contribution in [0, 0.1) is 0 Å². The Hall–Kier alpha value is -5.29. The van der Waals surface area contributed by atoms with Crippen molar-refractivity contribution in [3.63, 3.8) is 0 Å². The Morgan fingerprint density at radius 3 is 2.23 bits per heavy atom. The molecule has 0 radical (unpaired) electrons. The first kappa shape index (κ1) is 25.4. The molecule has 1 aliphatic rings. The van der Waals surface area contributed by atoms with E-state index in [1.807, 2.05) is 91.0 Å². The van der Waals surface area contributed by atoms with Crippen LogP contribution in [-0.2, 0) is 5.41 Å². The fourth-order valence-corrected chi connectivity index (χ4v) is 6.44. The molecule has 0 spiro atoms. The summed E-state index contributed by atoms with van der Waals surface area (Å²) in [6, 6.07) is 37.7. The van der Waals surface area contributed by atoms with Gasteiger partial charge in [-0.3, -0.25) is 9.55 Å². The van der Waals surface area contributed by atoms with Gasteiger partial charge >= 0.3 is 0 Å². The van der Waals surface area contributed by atoms with Crippen LogP contribution in [-0.4, -0.2) is 14.5 Å². The lowest BCUT2D eigenvalue weighted by Crippen LogP contribution is -2.24. The molecule has 1 unspecified atom stereocenters. The van der Waals surface area contributed by atoms with Crippen molar-refractivity contribution in [1.82, 2.24) is 14.5 Å². The topological polar surface area (TPSA) is 39.9 Å². The number of alkyl halides is 1. The largest absolute Gasteiger partial charge is 0.457 e. The Morgan fingerprint density at radius 1 is 0.651 bits per heavy atom. The first-order valence-corrected chi connectivity index (χ1v) is 14.5. The molecule has 0 saturated carbocycles. The van der Waals surface area contributed by atoms with Crippen molar-refractivity contribution in [2.24, 2.45) is 0 Å². The maximum Gasteiger partial charge on any atom is 0.150 e. The average molecular weight is 562 g/mol. The number of rotatable bonds is 4. The number of hydrogen-bond acceptors (Lipinski definition) is 3. The molecule has 1 aliphatic heterocycles. The summed E-state index contributed by atoms with van der Waals surface area (Å²) in [5.41, 5.74) is 6.77. The summed E-state index contributed by atoms with van der Waals surface area (Å²) in [5, 5.41) is 2.12. The zero-order valence-corrected chi connectivity index (χ0v) is 23.8. The quantitative estimate of drug-likeness (QED) is 0.215. The lowest BCUT2D eigenvalue weighted by Gasteiger charge is -2.34. The van der Waals surface area contributed by atoms with Gasteiger partial charge < -0.3 is 4.74 Å². The Bertz CT molecular complexity index is 2150. The first-order chi connectivity index (χ1) is 21.0. The van der Waals surface area contributed by atoms with Crippen molar-refractivity contribution < 1.29 is 9.13 Å². The molecule has 0 bridgehead atoms. The third-order valence-electron chi connectivity index (χ3n) is 8.66.